The Labute approximate surface area is 169 Å². The first-order chi connectivity index (χ1) is 10.6. The molecular formula is C16H14CrO2S4. The minimum absolute atomic E-state index is 0. The standard InChI is InChI=1S/2C8H8OS2.Cr/c2*10-8(11)9-6-7-4-2-1-3-5-7;/h2*1-5H,6H2,(H,10,11);/q;;+2/p-2. The SMILES string of the molecule is S=C([S-])OCc1ccccc1.S=C([S-])OCc1ccccc1.[Cr+2]. The molecule has 120 valence electrons. The summed E-state index contributed by atoms with van der Waals surface area (Å²) in [7, 11) is 0. The van der Waals surface area contributed by atoms with Gasteiger partial charge in [-0.3, -0.25) is 0 Å². The van der Waals surface area contributed by atoms with Crippen molar-refractivity contribution in [2.24, 2.45) is 0 Å². The third kappa shape index (κ3) is 12.3. The molecule has 0 saturated carbocycles. The van der Waals surface area contributed by atoms with Crippen molar-refractivity contribution in [3.05, 3.63) is 71.8 Å². The Bertz CT molecular complexity index is 526. The van der Waals surface area contributed by atoms with Crippen LogP contribution in [0.2, 0.25) is 0 Å². The van der Waals surface area contributed by atoms with Gasteiger partial charge in [0.2, 0.25) is 0 Å². The molecule has 0 radical (unpaired) electrons. The Kier molecular flexibility index (Phi) is 13.1. The number of thiocarbonyl (C=S) groups is 2. The van der Waals surface area contributed by atoms with E-state index in [9.17, 15) is 0 Å². The van der Waals surface area contributed by atoms with Crippen molar-refractivity contribution in [3.63, 3.8) is 0 Å². The molecular weight excluding hydrogens is 404 g/mol. The van der Waals surface area contributed by atoms with E-state index in [1.54, 1.807) is 0 Å². The van der Waals surface area contributed by atoms with E-state index >= 15 is 0 Å². The van der Waals surface area contributed by atoms with Gasteiger partial charge in [0.1, 0.15) is 13.2 Å². The molecule has 0 atom stereocenters. The van der Waals surface area contributed by atoms with Gasteiger partial charge in [-0.25, -0.2) is 0 Å². The van der Waals surface area contributed by atoms with E-state index in [4.69, 9.17) is 9.47 Å². The van der Waals surface area contributed by atoms with E-state index in [1.165, 1.54) is 0 Å². The van der Waals surface area contributed by atoms with Gasteiger partial charge in [-0.15, -0.1) is 0 Å². The van der Waals surface area contributed by atoms with Gasteiger partial charge in [0.25, 0.3) is 0 Å². The van der Waals surface area contributed by atoms with Gasteiger partial charge in [-0.1, -0.05) is 60.7 Å². The van der Waals surface area contributed by atoms with E-state index in [-0.39, 0.29) is 26.1 Å². The summed E-state index contributed by atoms with van der Waals surface area (Å²) in [6.45, 7) is 0.951. The van der Waals surface area contributed by atoms with Crippen LogP contribution in [0, 0.1) is 0 Å². The number of rotatable bonds is 4. The molecule has 0 amide bonds. The maximum absolute atomic E-state index is 4.97. The molecule has 2 aromatic rings. The summed E-state index contributed by atoms with van der Waals surface area (Å²) in [5.41, 5.74) is 2.17. The van der Waals surface area contributed by atoms with E-state index in [2.05, 4.69) is 49.7 Å². The molecule has 7 heteroatoms. The largest absolute Gasteiger partial charge is 2.00 e. The van der Waals surface area contributed by atoms with Crippen LogP contribution in [0.5, 0.6) is 0 Å². The van der Waals surface area contributed by atoms with Crippen molar-refractivity contribution in [2.45, 2.75) is 13.2 Å². The number of hydrogen-bond acceptors (Lipinski definition) is 6. The fourth-order valence-corrected chi connectivity index (χ4v) is 1.67. The minimum atomic E-state index is 0. The summed E-state index contributed by atoms with van der Waals surface area (Å²) >= 11 is 18.3. The molecule has 0 spiro atoms. The molecule has 23 heavy (non-hydrogen) atoms. The second kappa shape index (κ2) is 13.6. The second-order valence-electron chi connectivity index (χ2n) is 4.05. The molecule has 0 aromatic heterocycles. The summed E-state index contributed by atoms with van der Waals surface area (Å²) < 4.78 is 10.3. The Morgan fingerprint density at radius 3 is 1.26 bits per heavy atom. The second-order valence-corrected chi connectivity index (χ2v) is 6.05. The predicted molar refractivity (Wildman–Crippen MR) is 102 cm³/mol. The van der Waals surface area contributed by atoms with Crippen molar-refractivity contribution in [1.82, 2.24) is 0 Å². The summed E-state index contributed by atoms with van der Waals surface area (Å²) in [5, 5.41) is 0. The average Bonchev–Trinajstić information content (AvgIpc) is 2.53. The molecule has 0 fully saturated rings. The van der Waals surface area contributed by atoms with Crippen molar-refractivity contribution in [2.75, 3.05) is 0 Å². The Morgan fingerprint density at radius 1 is 0.696 bits per heavy atom. The van der Waals surface area contributed by atoms with Crippen molar-refractivity contribution < 1.29 is 26.8 Å². The van der Waals surface area contributed by atoms with E-state index in [0.29, 0.717) is 13.2 Å². The summed E-state index contributed by atoms with van der Waals surface area (Å²) in [5.74, 6) is 0. The first-order valence-corrected chi connectivity index (χ1v) is 7.96. The zero-order valence-corrected chi connectivity index (χ0v) is 16.6. The smallest absolute Gasteiger partial charge is 0.509 e. The Balaban J connectivity index is 0.000000403. The van der Waals surface area contributed by atoms with Crippen LogP contribution in [0.4, 0.5) is 0 Å². The zero-order chi connectivity index (χ0) is 16.2. The Hall–Kier alpha value is -0.808. The molecule has 2 rings (SSSR count). The summed E-state index contributed by atoms with van der Waals surface area (Å²) in [6, 6.07) is 19.6. The van der Waals surface area contributed by atoms with Gasteiger partial charge in [-0.05, 0) is 11.1 Å². The molecule has 2 nitrogen and oxygen atoms in total. The third-order valence-corrected chi connectivity index (χ3v) is 2.87. The number of hydrogen-bond donors (Lipinski definition) is 0. The molecule has 0 aliphatic carbocycles. The van der Waals surface area contributed by atoms with Crippen LogP contribution in [0.15, 0.2) is 60.7 Å². The van der Waals surface area contributed by atoms with Crippen LogP contribution < -0.4 is 0 Å². The van der Waals surface area contributed by atoms with Crippen LogP contribution in [0.3, 0.4) is 0 Å². The van der Waals surface area contributed by atoms with Crippen LogP contribution in [-0.4, -0.2) is 8.77 Å². The van der Waals surface area contributed by atoms with Crippen LogP contribution in [-0.2, 0) is 65.3 Å². The van der Waals surface area contributed by atoms with Crippen molar-refractivity contribution in [3.8, 4) is 0 Å². The molecule has 0 saturated heterocycles. The predicted octanol–water partition coefficient (Wildman–Crippen LogP) is 4.07. The summed E-state index contributed by atoms with van der Waals surface area (Å²) in [4.78, 5) is 0. The van der Waals surface area contributed by atoms with Gasteiger partial charge in [0.15, 0.2) is 0 Å². The fraction of sp³-hybridized carbons (Fsp3) is 0.125. The van der Waals surface area contributed by atoms with Gasteiger partial charge >= 0.3 is 17.4 Å². The molecule has 0 bridgehead atoms. The summed E-state index contributed by atoms with van der Waals surface area (Å²) in [6.07, 6.45) is 0. The third-order valence-electron chi connectivity index (χ3n) is 2.40. The molecule has 0 aliphatic rings. The van der Waals surface area contributed by atoms with Gasteiger partial charge < -0.3 is 59.2 Å². The number of benzene rings is 2. The topological polar surface area (TPSA) is 18.5 Å². The zero-order valence-electron chi connectivity index (χ0n) is 12.0. The first-order valence-electron chi connectivity index (χ1n) is 6.33. The van der Waals surface area contributed by atoms with Gasteiger partial charge in [0.05, 0.1) is 0 Å². The first kappa shape index (κ1) is 22.2. The molecule has 0 heterocycles. The van der Waals surface area contributed by atoms with E-state index < -0.39 is 0 Å². The quantitative estimate of drug-likeness (QED) is 0.547. The van der Waals surface area contributed by atoms with Gasteiger partial charge in [0, 0.05) is 8.77 Å². The van der Waals surface area contributed by atoms with Crippen LogP contribution >= 0.6 is 24.4 Å². The molecule has 0 aliphatic heterocycles. The van der Waals surface area contributed by atoms with Crippen molar-refractivity contribution >= 4 is 58.5 Å². The molecule has 2 aromatic carbocycles. The normalized spacial score (nSPS) is 8.70. The molecule has 0 unspecified atom stereocenters. The van der Waals surface area contributed by atoms with E-state index in [1.807, 2.05) is 60.7 Å². The van der Waals surface area contributed by atoms with Crippen molar-refractivity contribution in [1.29, 1.82) is 0 Å². The minimum Gasteiger partial charge on any atom is -0.509 e. The average molecular weight is 419 g/mol. The monoisotopic (exact) mass is 418 g/mol. The van der Waals surface area contributed by atoms with Gasteiger partial charge in [-0.2, -0.15) is 0 Å². The Morgan fingerprint density at radius 2 is 1.00 bits per heavy atom. The van der Waals surface area contributed by atoms with Crippen LogP contribution in [0.25, 0.3) is 0 Å². The maximum atomic E-state index is 4.97. The number of ether oxygens (including phenoxy) is 2. The maximum Gasteiger partial charge on any atom is 2.00 e. The fourth-order valence-electron chi connectivity index (χ4n) is 1.43. The van der Waals surface area contributed by atoms with Crippen LogP contribution in [0.1, 0.15) is 11.1 Å². The van der Waals surface area contributed by atoms with E-state index in [0.717, 1.165) is 11.1 Å². The molecule has 0 N–H and O–H groups in total.